The number of carbonyl (C=O) groups excluding carboxylic acids is 1. The van der Waals surface area contributed by atoms with Gasteiger partial charge in [-0.25, -0.2) is 14.5 Å². The van der Waals surface area contributed by atoms with Crippen LogP contribution in [0.2, 0.25) is 5.02 Å². The summed E-state index contributed by atoms with van der Waals surface area (Å²) < 4.78 is 2.75. The van der Waals surface area contributed by atoms with E-state index >= 15 is 0 Å². The first-order valence-corrected chi connectivity index (χ1v) is 9.48. The fourth-order valence-electron chi connectivity index (χ4n) is 3.15. The normalized spacial score (nSPS) is 17.6. The monoisotopic (exact) mass is 425 g/mol. The van der Waals surface area contributed by atoms with E-state index in [0.717, 1.165) is 42.1 Å². The number of hydrogen-bond acceptors (Lipinski definition) is 3. The van der Waals surface area contributed by atoms with Gasteiger partial charge in [0.2, 0.25) is 0 Å². The number of piperidine rings is 1. The van der Waals surface area contributed by atoms with E-state index < -0.39 is 0 Å². The van der Waals surface area contributed by atoms with Crippen molar-refractivity contribution in [2.75, 3.05) is 18.4 Å². The molecule has 1 N–H and O–H groups in total. The molecule has 134 valence electrons. The van der Waals surface area contributed by atoms with Crippen LogP contribution in [0.4, 0.5) is 10.5 Å². The Labute approximate surface area is 160 Å². The standard InChI is InChI=1S/C17H21BrClN5O/c1-11-20-12(2)24(22-11)10-13-4-3-7-23(9-13)17(25)21-14-5-6-15(18)16(19)8-14/h5-6,8,13H,3-4,7,9-10H2,1-2H3,(H,21,25). The molecule has 2 aromatic rings. The second-order valence-corrected chi connectivity index (χ2v) is 7.66. The molecule has 1 aliphatic rings. The summed E-state index contributed by atoms with van der Waals surface area (Å²) >= 11 is 9.44. The molecule has 1 aromatic carbocycles. The third-order valence-electron chi connectivity index (χ3n) is 4.37. The van der Waals surface area contributed by atoms with Crippen LogP contribution in [-0.2, 0) is 6.54 Å². The molecule has 3 rings (SSSR count). The third-order valence-corrected chi connectivity index (χ3v) is 5.60. The maximum absolute atomic E-state index is 12.6. The molecule has 1 aliphatic heterocycles. The van der Waals surface area contributed by atoms with Gasteiger partial charge in [0.1, 0.15) is 11.6 Å². The molecule has 1 unspecified atom stereocenters. The number of urea groups is 1. The number of hydrogen-bond donors (Lipinski definition) is 1. The Morgan fingerprint density at radius 3 is 2.92 bits per heavy atom. The molecule has 0 bridgehead atoms. The predicted molar refractivity (Wildman–Crippen MR) is 102 cm³/mol. The molecule has 0 radical (unpaired) electrons. The van der Waals surface area contributed by atoms with Crippen molar-refractivity contribution in [1.29, 1.82) is 0 Å². The molecule has 0 aliphatic carbocycles. The van der Waals surface area contributed by atoms with Crippen molar-refractivity contribution < 1.29 is 4.79 Å². The molecule has 2 amide bonds. The molecule has 1 saturated heterocycles. The Morgan fingerprint density at radius 2 is 2.24 bits per heavy atom. The quantitative estimate of drug-likeness (QED) is 0.798. The SMILES string of the molecule is Cc1nc(C)n(CC2CCCN(C(=O)Nc3ccc(Br)c(Cl)c3)C2)n1. The first-order valence-electron chi connectivity index (χ1n) is 8.31. The summed E-state index contributed by atoms with van der Waals surface area (Å²) in [5.74, 6) is 2.09. The fourth-order valence-corrected chi connectivity index (χ4v) is 3.58. The highest BCUT2D eigenvalue weighted by Gasteiger charge is 2.25. The van der Waals surface area contributed by atoms with Gasteiger partial charge in [-0.15, -0.1) is 0 Å². The van der Waals surface area contributed by atoms with E-state index in [1.54, 1.807) is 6.07 Å². The van der Waals surface area contributed by atoms with Crippen LogP contribution in [-0.4, -0.2) is 38.8 Å². The maximum Gasteiger partial charge on any atom is 0.321 e. The minimum absolute atomic E-state index is 0.0884. The largest absolute Gasteiger partial charge is 0.324 e. The van der Waals surface area contributed by atoms with Crippen molar-refractivity contribution in [3.05, 3.63) is 39.3 Å². The summed E-state index contributed by atoms with van der Waals surface area (Å²) in [7, 11) is 0. The number of halogens is 2. The van der Waals surface area contributed by atoms with E-state index in [-0.39, 0.29) is 6.03 Å². The molecule has 2 heterocycles. The zero-order valence-corrected chi connectivity index (χ0v) is 16.6. The lowest BCUT2D eigenvalue weighted by Gasteiger charge is -2.32. The van der Waals surface area contributed by atoms with Crippen molar-refractivity contribution in [1.82, 2.24) is 19.7 Å². The number of nitrogens with one attached hydrogen (secondary N) is 1. The lowest BCUT2D eigenvalue weighted by atomic mass is 9.98. The topological polar surface area (TPSA) is 63.1 Å². The fraction of sp³-hybridized carbons (Fsp3) is 0.471. The van der Waals surface area contributed by atoms with Gasteiger partial charge in [-0.1, -0.05) is 11.6 Å². The zero-order valence-electron chi connectivity index (χ0n) is 14.3. The lowest BCUT2D eigenvalue weighted by molar-refractivity contribution is 0.168. The number of likely N-dealkylation sites (tertiary alicyclic amines) is 1. The Hall–Kier alpha value is -1.60. The van der Waals surface area contributed by atoms with Gasteiger partial charge in [0, 0.05) is 29.8 Å². The second kappa shape index (κ2) is 7.74. The number of aryl methyl sites for hydroxylation is 2. The number of nitrogens with zero attached hydrogens (tertiary/aromatic N) is 4. The van der Waals surface area contributed by atoms with Crippen LogP contribution in [0, 0.1) is 19.8 Å². The van der Waals surface area contributed by atoms with E-state index in [4.69, 9.17) is 11.6 Å². The van der Waals surface area contributed by atoms with Gasteiger partial charge in [-0.05, 0) is 66.7 Å². The molecule has 1 atom stereocenters. The van der Waals surface area contributed by atoms with Gasteiger partial charge in [-0.2, -0.15) is 5.10 Å². The predicted octanol–water partition coefficient (Wildman–Crippen LogP) is 4.25. The van der Waals surface area contributed by atoms with E-state index in [9.17, 15) is 4.79 Å². The zero-order chi connectivity index (χ0) is 18.0. The van der Waals surface area contributed by atoms with Gasteiger partial charge in [-0.3, -0.25) is 0 Å². The minimum Gasteiger partial charge on any atom is -0.324 e. The number of aromatic nitrogens is 3. The van der Waals surface area contributed by atoms with E-state index in [0.29, 0.717) is 23.2 Å². The summed E-state index contributed by atoms with van der Waals surface area (Å²) in [6.07, 6.45) is 2.08. The highest BCUT2D eigenvalue weighted by Crippen LogP contribution is 2.26. The number of benzene rings is 1. The van der Waals surface area contributed by atoms with Crippen LogP contribution in [0.15, 0.2) is 22.7 Å². The number of amides is 2. The first kappa shape index (κ1) is 18.2. The van der Waals surface area contributed by atoms with Crippen LogP contribution in [0.5, 0.6) is 0 Å². The average molecular weight is 427 g/mol. The Bertz CT molecular complexity index is 778. The Kier molecular flexibility index (Phi) is 5.64. The maximum atomic E-state index is 12.6. The Morgan fingerprint density at radius 1 is 1.44 bits per heavy atom. The highest BCUT2D eigenvalue weighted by atomic mass is 79.9. The van der Waals surface area contributed by atoms with E-state index in [1.165, 1.54) is 0 Å². The highest BCUT2D eigenvalue weighted by molar-refractivity contribution is 9.10. The van der Waals surface area contributed by atoms with Crippen molar-refractivity contribution in [3.8, 4) is 0 Å². The van der Waals surface area contributed by atoms with Gasteiger partial charge < -0.3 is 10.2 Å². The molecule has 1 aromatic heterocycles. The van der Waals surface area contributed by atoms with Crippen LogP contribution in [0.3, 0.4) is 0 Å². The van der Waals surface area contributed by atoms with Crippen LogP contribution < -0.4 is 5.32 Å². The smallest absolute Gasteiger partial charge is 0.321 e. The van der Waals surface area contributed by atoms with Gasteiger partial charge in [0.05, 0.1) is 5.02 Å². The summed E-state index contributed by atoms with van der Waals surface area (Å²) in [5, 5.41) is 7.93. The van der Waals surface area contributed by atoms with Crippen molar-refractivity contribution >= 4 is 39.2 Å². The molecular formula is C17H21BrClN5O. The third kappa shape index (κ3) is 4.52. The van der Waals surface area contributed by atoms with Crippen molar-refractivity contribution in [2.45, 2.75) is 33.2 Å². The molecule has 0 saturated carbocycles. The second-order valence-electron chi connectivity index (χ2n) is 6.40. The summed E-state index contributed by atoms with van der Waals surface area (Å²) in [4.78, 5) is 18.8. The number of carbonyl (C=O) groups is 1. The lowest BCUT2D eigenvalue weighted by Crippen LogP contribution is -2.43. The molecule has 0 spiro atoms. The molecule has 25 heavy (non-hydrogen) atoms. The average Bonchev–Trinajstić information content (AvgIpc) is 2.88. The molecule has 1 fully saturated rings. The Balaban J connectivity index is 1.61. The van der Waals surface area contributed by atoms with Gasteiger partial charge >= 0.3 is 6.03 Å². The molecular weight excluding hydrogens is 406 g/mol. The summed E-state index contributed by atoms with van der Waals surface area (Å²) in [6, 6.07) is 5.31. The first-order chi connectivity index (χ1) is 11.9. The van der Waals surface area contributed by atoms with Crippen LogP contribution >= 0.6 is 27.5 Å². The number of rotatable bonds is 3. The van der Waals surface area contributed by atoms with Crippen LogP contribution in [0.25, 0.3) is 0 Å². The minimum atomic E-state index is -0.0884. The van der Waals surface area contributed by atoms with Crippen molar-refractivity contribution in [2.24, 2.45) is 5.92 Å². The van der Waals surface area contributed by atoms with Crippen molar-refractivity contribution in [3.63, 3.8) is 0 Å². The van der Waals surface area contributed by atoms with Crippen LogP contribution in [0.1, 0.15) is 24.5 Å². The van der Waals surface area contributed by atoms with E-state index in [2.05, 4.69) is 31.3 Å². The van der Waals surface area contributed by atoms with Gasteiger partial charge in [0.15, 0.2) is 0 Å². The van der Waals surface area contributed by atoms with E-state index in [1.807, 2.05) is 35.6 Å². The summed E-state index contributed by atoms with van der Waals surface area (Å²) in [6.45, 7) is 6.13. The summed E-state index contributed by atoms with van der Waals surface area (Å²) in [5.41, 5.74) is 0.697. The van der Waals surface area contributed by atoms with Gasteiger partial charge in [0.25, 0.3) is 0 Å². The molecule has 8 heteroatoms. The number of anilines is 1. The molecule has 6 nitrogen and oxygen atoms in total.